The molecule has 4 aromatic rings. The molecular weight excluding hydrogens is 683 g/mol. The summed E-state index contributed by atoms with van der Waals surface area (Å²) in [5, 5.41) is 12.6. The molecule has 274 valence electrons. The van der Waals surface area contributed by atoms with E-state index >= 15 is 4.39 Å². The van der Waals surface area contributed by atoms with E-state index in [-0.39, 0.29) is 67.6 Å². The van der Waals surface area contributed by atoms with Gasteiger partial charge in [0.25, 0.3) is 5.78 Å². The first-order valence-electron chi connectivity index (χ1n) is 18.2. The van der Waals surface area contributed by atoms with Gasteiger partial charge >= 0.3 is 12.2 Å². The van der Waals surface area contributed by atoms with E-state index in [0.29, 0.717) is 48.3 Å². The molecule has 1 N–H and O–H groups in total. The van der Waals surface area contributed by atoms with Gasteiger partial charge in [-0.15, -0.1) is 0 Å². The number of hydrogen-bond donors (Lipinski definition) is 1. The standard InChI is InChI=1S/C38H39F5N6O3/c1-3-20-7-5-8-21-11-25(50)12-26(28(20)21)31-30(40)32-29(27(4-2)44-31)33(46-35(45-32)52-19-36-9-6-10-48(36)16-22(39)13-36)47-17-23-14-37(34(51)38(41,42)43)15-24(18-47)49(23)37/h5,7-8,11-12,22-24,50H,3-4,6,9-10,13-19H2,1-2H3/t22-,23?,24?,36+,37?/m1/s1. The molecule has 0 aliphatic carbocycles. The van der Waals surface area contributed by atoms with Crippen molar-refractivity contribution in [2.75, 3.05) is 37.7 Å². The van der Waals surface area contributed by atoms with E-state index < -0.39 is 35.0 Å². The summed E-state index contributed by atoms with van der Waals surface area (Å²) in [7, 11) is 0. The number of pyridine rings is 1. The van der Waals surface area contributed by atoms with Crippen LogP contribution in [0, 0.1) is 5.82 Å². The van der Waals surface area contributed by atoms with Gasteiger partial charge in [0.2, 0.25) is 0 Å². The Morgan fingerprint density at radius 1 is 1.02 bits per heavy atom. The van der Waals surface area contributed by atoms with Gasteiger partial charge in [-0.05, 0) is 73.5 Å². The van der Waals surface area contributed by atoms with Gasteiger partial charge in [-0.2, -0.15) is 23.1 Å². The highest BCUT2D eigenvalue weighted by Crippen LogP contribution is 2.57. The van der Waals surface area contributed by atoms with Gasteiger partial charge in [-0.3, -0.25) is 14.6 Å². The van der Waals surface area contributed by atoms with Crippen molar-refractivity contribution >= 4 is 33.3 Å². The minimum Gasteiger partial charge on any atom is -0.508 e. The second-order valence-corrected chi connectivity index (χ2v) is 15.2. The van der Waals surface area contributed by atoms with Crippen LogP contribution in [0.25, 0.3) is 32.9 Å². The average Bonchev–Trinajstić information content (AvgIpc) is 3.62. The van der Waals surface area contributed by atoms with Crippen molar-refractivity contribution in [1.29, 1.82) is 0 Å². The number of phenolic OH excluding ortho intramolecular Hbond substituents is 1. The number of piperidine rings is 1. The molecule has 14 heteroatoms. The van der Waals surface area contributed by atoms with E-state index in [1.165, 1.54) is 6.07 Å². The van der Waals surface area contributed by atoms with Crippen molar-refractivity contribution in [3.8, 4) is 23.0 Å². The molecule has 0 saturated carbocycles. The zero-order valence-electron chi connectivity index (χ0n) is 28.9. The van der Waals surface area contributed by atoms with E-state index in [2.05, 4.69) is 9.88 Å². The maximum absolute atomic E-state index is 17.3. The number of halogens is 5. The highest BCUT2D eigenvalue weighted by molar-refractivity contribution is 6.02. The zero-order valence-corrected chi connectivity index (χ0v) is 28.9. The molecule has 0 bridgehead atoms. The highest BCUT2D eigenvalue weighted by Gasteiger charge is 2.73. The van der Waals surface area contributed by atoms with Crippen molar-refractivity contribution in [2.45, 2.75) is 94.3 Å². The number of ketones is 1. The third-order valence-electron chi connectivity index (χ3n) is 12.3. The quantitative estimate of drug-likeness (QED) is 0.210. The number of aromatic nitrogens is 3. The van der Waals surface area contributed by atoms with Crippen LogP contribution < -0.4 is 9.64 Å². The Kier molecular flexibility index (Phi) is 7.55. The van der Waals surface area contributed by atoms with Crippen LogP contribution in [0.4, 0.5) is 27.8 Å². The lowest BCUT2D eigenvalue weighted by Crippen LogP contribution is -2.87. The maximum atomic E-state index is 17.3. The number of nitrogens with zero attached hydrogens (tertiary/aromatic N) is 6. The molecule has 0 amide bonds. The Hall–Kier alpha value is -4.17. The second kappa shape index (κ2) is 11.7. The fraction of sp³-hybridized carbons (Fsp3) is 0.526. The number of fused-ring (bicyclic) bond motifs is 3. The molecule has 9 nitrogen and oxygen atoms in total. The number of alkyl halides is 4. The van der Waals surface area contributed by atoms with Crippen LogP contribution in [0.2, 0.25) is 0 Å². The number of carbonyl (C=O) groups excluding carboxylic acids is 1. The first-order valence-corrected chi connectivity index (χ1v) is 18.2. The second-order valence-electron chi connectivity index (χ2n) is 15.2. The minimum atomic E-state index is -4.91. The number of ether oxygens (including phenoxy) is 1. The number of anilines is 1. The first-order chi connectivity index (χ1) is 24.9. The summed E-state index contributed by atoms with van der Waals surface area (Å²) in [4.78, 5) is 32.6. The molecule has 5 aliphatic rings. The van der Waals surface area contributed by atoms with Crippen LogP contribution >= 0.6 is 0 Å². The maximum Gasteiger partial charge on any atom is 0.451 e. The topological polar surface area (TPSA) is 94.9 Å². The third-order valence-corrected chi connectivity index (χ3v) is 12.3. The van der Waals surface area contributed by atoms with Crippen molar-refractivity contribution in [2.24, 2.45) is 0 Å². The van der Waals surface area contributed by atoms with Crippen molar-refractivity contribution in [3.63, 3.8) is 0 Å². The van der Waals surface area contributed by atoms with Crippen LogP contribution in [0.1, 0.15) is 57.2 Å². The van der Waals surface area contributed by atoms with Gasteiger partial charge in [0.05, 0.1) is 22.2 Å². The number of Topliss-reactive ketones (excluding diaryl/α,β-unsaturated/α-hetero) is 1. The van der Waals surface area contributed by atoms with Crippen LogP contribution in [-0.4, -0.2) is 104 Å². The van der Waals surface area contributed by atoms with Gasteiger partial charge in [0, 0.05) is 43.7 Å². The molecule has 4 atom stereocenters. The fourth-order valence-electron chi connectivity index (χ4n) is 10.2. The molecule has 5 fully saturated rings. The Morgan fingerprint density at radius 2 is 1.79 bits per heavy atom. The van der Waals surface area contributed by atoms with Gasteiger partial charge in [0.1, 0.15) is 35.6 Å². The summed E-state index contributed by atoms with van der Waals surface area (Å²) in [6, 6.07) is 8.16. The zero-order chi connectivity index (χ0) is 36.3. The average molecular weight is 723 g/mol. The van der Waals surface area contributed by atoms with Crippen LogP contribution in [0.15, 0.2) is 30.3 Å². The van der Waals surface area contributed by atoms with Gasteiger partial charge in [-0.25, -0.2) is 13.8 Å². The predicted molar refractivity (Wildman–Crippen MR) is 184 cm³/mol. The summed E-state index contributed by atoms with van der Waals surface area (Å²) in [5.74, 6) is -2.08. The van der Waals surface area contributed by atoms with Crippen molar-refractivity contribution in [3.05, 3.63) is 47.4 Å². The minimum absolute atomic E-state index is 0.0193. The van der Waals surface area contributed by atoms with Gasteiger partial charge in [0.15, 0.2) is 5.82 Å². The number of rotatable bonds is 8. The van der Waals surface area contributed by atoms with Crippen molar-refractivity contribution < 1.29 is 36.6 Å². The monoisotopic (exact) mass is 722 g/mol. The molecule has 5 aliphatic heterocycles. The summed E-state index contributed by atoms with van der Waals surface area (Å²) in [5.41, 5.74) is -0.105. The molecule has 0 spiro atoms. The van der Waals surface area contributed by atoms with E-state index in [9.17, 15) is 27.5 Å². The Bertz CT molecular complexity index is 2130. The number of aromatic hydroxyl groups is 1. The molecule has 2 unspecified atom stereocenters. The number of phenols is 1. The van der Waals surface area contributed by atoms with E-state index in [4.69, 9.17) is 14.7 Å². The van der Waals surface area contributed by atoms with Gasteiger partial charge in [-0.1, -0.05) is 32.0 Å². The lowest BCUT2D eigenvalue weighted by atomic mass is 9.60. The molecule has 5 saturated heterocycles. The summed E-state index contributed by atoms with van der Waals surface area (Å²) >= 11 is 0. The summed E-state index contributed by atoms with van der Waals surface area (Å²) < 4.78 is 78.8. The third kappa shape index (κ3) is 4.85. The fourth-order valence-corrected chi connectivity index (χ4v) is 10.2. The Morgan fingerprint density at radius 3 is 2.50 bits per heavy atom. The van der Waals surface area contributed by atoms with E-state index in [1.54, 1.807) is 11.0 Å². The number of hydrogen-bond acceptors (Lipinski definition) is 9. The normalized spacial score (nSPS) is 28.5. The first kappa shape index (κ1) is 33.7. The van der Waals surface area contributed by atoms with Crippen LogP contribution in [0.3, 0.4) is 0 Å². The molecule has 7 heterocycles. The number of aryl methyl sites for hydroxylation is 2. The van der Waals surface area contributed by atoms with Gasteiger partial charge < -0.3 is 14.7 Å². The lowest BCUT2D eigenvalue weighted by Gasteiger charge is -2.72. The SMILES string of the molecule is CCc1cccc2cc(O)cc(-c3nc(CC)c4c(N5CC6CC7(C(=O)C(F)(F)F)CC(C5)N67)nc(OC[C@@]56CCCN5C[C@H](F)C6)nc4c3F)c12. The number of piperazine rings is 1. The summed E-state index contributed by atoms with van der Waals surface area (Å²) in [6.07, 6.45) is -2.70. The van der Waals surface area contributed by atoms with Crippen molar-refractivity contribution in [1.82, 2.24) is 24.8 Å². The number of benzene rings is 2. The number of carbonyl (C=O) groups is 1. The van der Waals surface area contributed by atoms with E-state index in [0.717, 1.165) is 35.7 Å². The molecule has 9 rings (SSSR count). The molecule has 0 radical (unpaired) electrons. The Balaban J connectivity index is 1.17. The van der Waals surface area contributed by atoms with Crippen LogP contribution in [0.5, 0.6) is 11.8 Å². The Labute approximate surface area is 296 Å². The predicted octanol–water partition coefficient (Wildman–Crippen LogP) is 6.31. The smallest absolute Gasteiger partial charge is 0.451 e. The molecule has 2 aromatic heterocycles. The molecule has 52 heavy (non-hydrogen) atoms. The largest absolute Gasteiger partial charge is 0.508 e. The lowest BCUT2D eigenvalue weighted by molar-refractivity contribution is -0.236. The molecule has 2 aromatic carbocycles. The van der Waals surface area contributed by atoms with Crippen LogP contribution in [-0.2, 0) is 17.6 Å². The molecular formula is C38H39F5N6O3. The van der Waals surface area contributed by atoms with E-state index in [1.807, 2.05) is 36.9 Å². The highest BCUT2D eigenvalue weighted by atomic mass is 19.4. The summed E-state index contributed by atoms with van der Waals surface area (Å²) in [6.45, 7) is 5.67.